The van der Waals surface area contributed by atoms with Gasteiger partial charge in [0.1, 0.15) is 17.2 Å². The predicted molar refractivity (Wildman–Crippen MR) is 190 cm³/mol. The molecule has 0 saturated heterocycles. The number of ether oxygens (including phenoxy) is 3. The van der Waals surface area contributed by atoms with Crippen LogP contribution < -0.4 is 19.5 Å². The highest BCUT2D eigenvalue weighted by molar-refractivity contribution is 7.99. The molecular weight excluding hydrogens is 661 g/mol. The second kappa shape index (κ2) is 15.0. The molecule has 3 heterocycles. The number of amides is 2. The maximum Gasteiger partial charge on any atom is 0.253 e. The van der Waals surface area contributed by atoms with E-state index in [0.29, 0.717) is 34.5 Å². The Balaban J connectivity index is 1.26. The van der Waals surface area contributed by atoms with Gasteiger partial charge in [-0.25, -0.2) is 5.01 Å². The monoisotopic (exact) mass is 696 g/mol. The molecule has 2 aromatic heterocycles. The molecule has 0 bridgehead atoms. The molecule has 2 amide bonds. The van der Waals surface area contributed by atoms with Crippen LogP contribution in [0.15, 0.2) is 88.4 Å². The summed E-state index contributed by atoms with van der Waals surface area (Å²) in [5.41, 5.74) is 5.14. The first-order valence-corrected chi connectivity index (χ1v) is 17.4. The SMILES string of the molecule is COc1ccc(C2CC(c3cccs3)=NN2C(=O)CSc2nnc(CNC(=O)c3cc(OC)cc(OC)c3)n2-c2cc(C)ccc2C)cc1. The van der Waals surface area contributed by atoms with E-state index in [1.54, 1.807) is 41.7 Å². The Morgan fingerprint density at radius 2 is 1.65 bits per heavy atom. The lowest BCUT2D eigenvalue weighted by Crippen LogP contribution is -2.28. The van der Waals surface area contributed by atoms with Crippen molar-refractivity contribution in [3.63, 3.8) is 0 Å². The van der Waals surface area contributed by atoms with Gasteiger partial charge >= 0.3 is 0 Å². The third-order valence-corrected chi connectivity index (χ3v) is 9.96. The van der Waals surface area contributed by atoms with Gasteiger partial charge in [-0.15, -0.1) is 21.5 Å². The van der Waals surface area contributed by atoms with E-state index in [1.807, 2.05) is 78.4 Å². The van der Waals surface area contributed by atoms with Crippen molar-refractivity contribution in [2.75, 3.05) is 27.1 Å². The van der Waals surface area contributed by atoms with E-state index >= 15 is 0 Å². The molecule has 13 heteroatoms. The van der Waals surface area contributed by atoms with Gasteiger partial charge in [0.05, 0.1) is 55.9 Å². The highest BCUT2D eigenvalue weighted by Crippen LogP contribution is 2.36. The van der Waals surface area contributed by atoms with Crippen LogP contribution >= 0.6 is 23.1 Å². The van der Waals surface area contributed by atoms with Crippen LogP contribution in [0.4, 0.5) is 0 Å². The fourth-order valence-electron chi connectivity index (χ4n) is 5.52. The minimum Gasteiger partial charge on any atom is -0.497 e. The molecule has 3 aromatic carbocycles. The second-order valence-electron chi connectivity index (χ2n) is 11.4. The zero-order valence-electron chi connectivity index (χ0n) is 27.8. The van der Waals surface area contributed by atoms with Crippen LogP contribution in [-0.4, -0.2) is 64.4 Å². The van der Waals surface area contributed by atoms with Crippen molar-refractivity contribution in [3.05, 3.63) is 111 Å². The molecule has 0 fully saturated rings. The number of aryl methyl sites for hydroxylation is 2. The van der Waals surface area contributed by atoms with E-state index in [1.165, 1.54) is 26.0 Å². The van der Waals surface area contributed by atoms with Gasteiger partial charge in [-0.1, -0.05) is 42.1 Å². The number of benzene rings is 3. The summed E-state index contributed by atoms with van der Waals surface area (Å²) in [5, 5.41) is 20.8. The largest absolute Gasteiger partial charge is 0.497 e. The van der Waals surface area contributed by atoms with E-state index in [2.05, 4.69) is 15.5 Å². The maximum absolute atomic E-state index is 13.9. The van der Waals surface area contributed by atoms with Gasteiger partial charge in [0.25, 0.3) is 11.8 Å². The number of thiophene rings is 1. The van der Waals surface area contributed by atoms with Crippen LogP contribution in [0.2, 0.25) is 0 Å². The molecule has 0 saturated carbocycles. The minimum absolute atomic E-state index is 0.0762. The molecule has 1 N–H and O–H groups in total. The average Bonchev–Trinajstić information content (AvgIpc) is 3.91. The van der Waals surface area contributed by atoms with Gasteiger partial charge in [-0.05, 0) is 72.3 Å². The molecule has 1 unspecified atom stereocenters. The van der Waals surface area contributed by atoms with E-state index in [0.717, 1.165) is 38.7 Å². The molecule has 49 heavy (non-hydrogen) atoms. The van der Waals surface area contributed by atoms with Crippen molar-refractivity contribution in [3.8, 4) is 22.9 Å². The lowest BCUT2D eigenvalue weighted by molar-refractivity contribution is -0.130. The predicted octanol–water partition coefficient (Wildman–Crippen LogP) is 6.37. The summed E-state index contributed by atoms with van der Waals surface area (Å²) in [6, 6.07) is 22.6. The van der Waals surface area contributed by atoms with Gasteiger partial charge in [0.15, 0.2) is 11.0 Å². The fraction of sp³-hybridized carbons (Fsp3) is 0.250. The molecule has 1 atom stereocenters. The molecular formula is C36H36N6O5S2. The van der Waals surface area contributed by atoms with Gasteiger partial charge < -0.3 is 19.5 Å². The van der Waals surface area contributed by atoms with Crippen molar-refractivity contribution in [1.82, 2.24) is 25.1 Å². The number of hydrogen-bond donors (Lipinski definition) is 1. The lowest BCUT2D eigenvalue weighted by atomic mass is 10.0. The Labute approximate surface area is 292 Å². The lowest BCUT2D eigenvalue weighted by Gasteiger charge is -2.22. The van der Waals surface area contributed by atoms with Gasteiger partial charge in [0, 0.05) is 18.1 Å². The number of carbonyl (C=O) groups excluding carboxylic acids is 2. The quantitative estimate of drug-likeness (QED) is 0.150. The summed E-state index contributed by atoms with van der Waals surface area (Å²) in [5.74, 6) is 1.87. The molecule has 0 spiro atoms. The van der Waals surface area contributed by atoms with Crippen LogP contribution in [-0.2, 0) is 11.3 Å². The first-order valence-electron chi connectivity index (χ1n) is 15.5. The first-order chi connectivity index (χ1) is 23.8. The van der Waals surface area contributed by atoms with E-state index in [9.17, 15) is 9.59 Å². The van der Waals surface area contributed by atoms with Gasteiger partial charge in [0.2, 0.25) is 0 Å². The van der Waals surface area contributed by atoms with Crippen LogP contribution in [0.1, 0.15) is 50.2 Å². The summed E-state index contributed by atoms with van der Waals surface area (Å²) >= 11 is 2.88. The Bertz CT molecular complexity index is 1970. The minimum atomic E-state index is -0.324. The summed E-state index contributed by atoms with van der Waals surface area (Å²) < 4.78 is 17.9. The van der Waals surface area contributed by atoms with Crippen molar-refractivity contribution >= 4 is 40.6 Å². The molecule has 0 radical (unpaired) electrons. The third kappa shape index (κ3) is 7.47. The van der Waals surface area contributed by atoms with Crippen LogP contribution in [0.3, 0.4) is 0 Å². The fourth-order valence-corrected chi connectivity index (χ4v) is 7.06. The van der Waals surface area contributed by atoms with Crippen molar-refractivity contribution < 1.29 is 23.8 Å². The normalized spacial score (nSPS) is 14.0. The molecule has 1 aliphatic rings. The Hall–Kier alpha value is -5.14. The topological polar surface area (TPSA) is 120 Å². The number of hydrazone groups is 1. The number of carbonyl (C=O) groups is 2. The molecule has 252 valence electrons. The van der Waals surface area contributed by atoms with Gasteiger partial charge in [-0.3, -0.25) is 14.2 Å². The van der Waals surface area contributed by atoms with E-state index in [4.69, 9.17) is 19.3 Å². The van der Waals surface area contributed by atoms with Gasteiger partial charge in [-0.2, -0.15) is 5.10 Å². The van der Waals surface area contributed by atoms with Crippen molar-refractivity contribution in [1.29, 1.82) is 0 Å². The number of nitrogens with zero attached hydrogens (tertiary/aromatic N) is 5. The van der Waals surface area contributed by atoms with Crippen LogP contribution in [0, 0.1) is 13.8 Å². The van der Waals surface area contributed by atoms with Crippen LogP contribution in [0.5, 0.6) is 17.2 Å². The highest BCUT2D eigenvalue weighted by atomic mass is 32.2. The number of nitrogens with one attached hydrogen (secondary N) is 1. The maximum atomic E-state index is 13.9. The molecule has 11 nitrogen and oxygen atoms in total. The summed E-state index contributed by atoms with van der Waals surface area (Å²) in [6.45, 7) is 4.11. The standard InChI is InChI=1S/C36H36N6O5S2/c1-22-8-9-23(2)30(15-22)41-33(20-37-35(44)25-16-27(46-4)18-28(17-25)47-5)38-39-36(41)49-21-34(43)42-31(24-10-12-26(45-3)13-11-24)19-29(40-42)32-7-6-14-48-32/h6-18,31H,19-21H2,1-5H3,(H,37,44). The zero-order valence-corrected chi connectivity index (χ0v) is 29.4. The first kappa shape index (κ1) is 33.7. The van der Waals surface area contributed by atoms with Crippen molar-refractivity contribution in [2.45, 2.75) is 38.0 Å². The highest BCUT2D eigenvalue weighted by Gasteiger charge is 2.34. The third-order valence-electron chi connectivity index (χ3n) is 8.12. The summed E-state index contributed by atoms with van der Waals surface area (Å²) in [6.07, 6.45) is 0.602. The molecule has 5 aromatic rings. The Kier molecular flexibility index (Phi) is 10.3. The number of rotatable bonds is 12. The molecule has 1 aliphatic heterocycles. The molecule has 6 rings (SSSR count). The second-order valence-corrected chi connectivity index (χ2v) is 13.2. The zero-order chi connectivity index (χ0) is 34.5. The smallest absolute Gasteiger partial charge is 0.253 e. The number of hydrogen-bond acceptors (Lipinski definition) is 10. The summed E-state index contributed by atoms with van der Waals surface area (Å²) in [4.78, 5) is 28.2. The van der Waals surface area contributed by atoms with E-state index < -0.39 is 0 Å². The number of thioether (sulfide) groups is 1. The van der Waals surface area contributed by atoms with E-state index in [-0.39, 0.29) is 30.2 Å². The average molecular weight is 697 g/mol. The van der Waals surface area contributed by atoms with Crippen molar-refractivity contribution in [2.24, 2.45) is 5.10 Å². The Morgan fingerprint density at radius 1 is 0.918 bits per heavy atom. The number of aromatic nitrogens is 3. The number of methoxy groups -OCH3 is 3. The molecule has 0 aliphatic carbocycles. The Morgan fingerprint density at radius 3 is 2.33 bits per heavy atom. The summed E-state index contributed by atoms with van der Waals surface area (Å²) in [7, 11) is 4.69. The van der Waals surface area contributed by atoms with Crippen LogP contribution in [0.25, 0.3) is 5.69 Å².